The Bertz CT molecular complexity index is 1970. The molecule has 3 saturated heterocycles. The van der Waals surface area contributed by atoms with E-state index in [2.05, 4.69) is 49.1 Å². The molecule has 0 radical (unpaired) electrons. The third-order valence-corrected chi connectivity index (χ3v) is 11.4. The minimum Gasteiger partial charge on any atom is -0.461 e. The molecule has 1 unspecified atom stereocenters. The summed E-state index contributed by atoms with van der Waals surface area (Å²) < 4.78 is 38.4. The number of likely N-dealkylation sites (N-methyl/N-ethyl adjacent to an activating group) is 1. The van der Waals surface area contributed by atoms with Crippen LogP contribution in [0.5, 0.6) is 6.01 Å². The molecule has 4 aliphatic heterocycles. The number of likely N-dealkylation sites (tertiary alicyclic amines) is 1. The predicted molar refractivity (Wildman–Crippen MR) is 190 cm³/mol. The van der Waals surface area contributed by atoms with Crippen molar-refractivity contribution in [2.75, 3.05) is 56.2 Å². The number of nitrogens with zero attached hydrogens (tertiary/aromatic N) is 8. The van der Waals surface area contributed by atoms with Crippen LogP contribution in [0.15, 0.2) is 47.0 Å². The van der Waals surface area contributed by atoms with Gasteiger partial charge in [-0.05, 0) is 69.1 Å². The van der Waals surface area contributed by atoms with Crippen molar-refractivity contribution in [2.45, 2.75) is 69.5 Å². The van der Waals surface area contributed by atoms with Gasteiger partial charge in [0.05, 0.1) is 22.8 Å². The van der Waals surface area contributed by atoms with E-state index in [1.165, 1.54) is 25.0 Å². The van der Waals surface area contributed by atoms with E-state index in [0.29, 0.717) is 39.2 Å². The van der Waals surface area contributed by atoms with Gasteiger partial charge in [-0.25, -0.2) is 0 Å². The van der Waals surface area contributed by atoms with Gasteiger partial charge in [-0.2, -0.15) is 23.7 Å². The van der Waals surface area contributed by atoms with Crippen LogP contribution >= 0.6 is 11.6 Å². The Labute approximate surface area is 300 Å². The van der Waals surface area contributed by atoms with Gasteiger partial charge in [0.15, 0.2) is 0 Å². The highest BCUT2D eigenvalue weighted by Crippen LogP contribution is 2.40. The molecule has 6 heterocycles. The summed E-state index contributed by atoms with van der Waals surface area (Å²) in [6, 6.07) is 12.6. The molecule has 11 nitrogen and oxygen atoms in total. The Morgan fingerprint density at radius 2 is 1.90 bits per heavy atom. The van der Waals surface area contributed by atoms with Crippen molar-refractivity contribution in [3.05, 3.63) is 70.5 Å². The van der Waals surface area contributed by atoms with Crippen LogP contribution in [0.1, 0.15) is 62.0 Å². The molecule has 268 valence electrons. The minimum absolute atomic E-state index is 0.00311. The lowest BCUT2D eigenvalue weighted by Crippen LogP contribution is -2.44. The zero-order valence-electron chi connectivity index (χ0n) is 28.8. The standard InChI is InChI=1S/C37H41ClF2N8O3/c1-36(39,40)34-42-30(51-44-34)11-12-31(49)47-19-13-25(21-47)45(2)33-26-14-20-46(29-10-4-8-24-7-3-9-27(38)32(24)29)22-28(26)41-35(43-33)50-23-37-15-5-17-48(37)18-6-16-37/h3-4,7-12,25H,5-6,13-23H2,1-2H3/b12-11+. The Morgan fingerprint density at radius 3 is 2.67 bits per heavy atom. The molecule has 0 aliphatic carbocycles. The number of aromatic nitrogens is 4. The Kier molecular flexibility index (Phi) is 8.82. The summed E-state index contributed by atoms with van der Waals surface area (Å²) >= 11 is 6.74. The van der Waals surface area contributed by atoms with E-state index in [4.69, 9.17) is 30.8 Å². The van der Waals surface area contributed by atoms with Gasteiger partial charge in [-0.15, -0.1) is 0 Å². The fourth-order valence-corrected chi connectivity index (χ4v) is 8.59. The van der Waals surface area contributed by atoms with Crippen molar-refractivity contribution in [3.8, 4) is 6.01 Å². The molecule has 1 atom stereocenters. The molecular formula is C37H41ClF2N8O3. The lowest BCUT2D eigenvalue weighted by molar-refractivity contribution is -0.124. The third-order valence-electron chi connectivity index (χ3n) is 11.0. The molecule has 1 amide bonds. The number of benzene rings is 2. The van der Waals surface area contributed by atoms with Crippen LogP contribution in [-0.4, -0.2) is 93.8 Å². The van der Waals surface area contributed by atoms with Gasteiger partial charge in [0.2, 0.25) is 11.7 Å². The molecule has 0 bridgehead atoms. The zero-order valence-corrected chi connectivity index (χ0v) is 29.6. The topological polar surface area (TPSA) is 104 Å². The number of carbonyl (C=O) groups is 1. The summed E-state index contributed by atoms with van der Waals surface area (Å²) in [5, 5.41) is 6.15. The van der Waals surface area contributed by atoms with Crippen molar-refractivity contribution in [1.82, 2.24) is 29.9 Å². The molecule has 2 aromatic carbocycles. The molecule has 0 saturated carbocycles. The minimum atomic E-state index is -3.23. The van der Waals surface area contributed by atoms with Gasteiger partial charge in [-0.3, -0.25) is 9.69 Å². The summed E-state index contributed by atoms with van der Waals surface area (Å²) in [7, 11) is 2.02. The zero-order chi connectivity index (χ0) is 35.3. The first kappa shape index (κ1) is 33.8. The lowest BCUT2D eigenvalue weighted by atomic mass is 9.95. The summed E-state index contributed by atoms with van der Waals surface area (Å²) in [5.74, 6) is -3.53. The summed E-state index contributed by atoms with van der Waals surface area (Å²) in [4.78, 5) is 35.7. The molecule has 0 spiro atoms. The first-order valence-electron chi connectivity index (χ1n) is 17.7. The number of hydrogen-bond donors (Lipinski definition) is 0. The largest absolute Gasteiger partial charge is 0.461 e. The number of halogens is 3. The van der Waals surface area contributed by atoms with Crippen molar-refractivity contribution in [2.24, 2.45) is 0 Å². The summed E-state index contributed by atoms with van der Waals surface area (Å²) in [6.45, 7) is 5.83. The van der Waals surface area contributed by atoms with E-state index in [1.54, 1.807) is 4.90 Å². The number of rotatable bonds is 9. The van der Waals surface area contributed by atoms with E-state index in [0.717, 1.165) is 83.9 Å². The van der Waals surface area contributed by atoms with Crippen LogP contribution in [0.3, 0.4) is 0 Å². The maximum absolute atomic E-state index is 13.5. The fraction of sp³-hybridized carbons (Fsp3) is 0.486. The van der Waals surface area contributed by atoms with E-state index < -0.39 is 11.7 Å². The van der Waals surface area contributed by atoms with Crippen LogP contribution in [0.25, 0.3) is 16.8 Å². The van der Waals surface area contributed by atoms with Gasteiger partial charge in [-0.1, -0.05) is 41.0 Å². The van der Waals surface area contributed by atoms with E-state index >= 15 is 0 Å². The van der Waals surface area contributed by atoms with Gasteiger partial charge in [0, 0.05) is 68.4 Å². The highest BCUT2D eigenvalue weighted by Gasteiger charge is 2.45. The van der Waals surface area contributed by atoms with Gasteiger partial charge < -0.3 is 24.0 Å². The van der Waals surface area contributed by atoms with Crippen LogP contribution in [0, 0.1) is 0 Å². The summed E-state index contributed by atoms with van der Waals surface area (Å²) in [6.07, 6.45) is 8.64. The molecule has 8 rings (SSSR count). The normalized spacial score (nSPS) is 20.4. The van der Waals surface area contributed by atoms with Gasteiger partial charge in [0.25, 0.3) is 5.89 Å². The molecule has 14 heteroatoms. The molecule has 0 N–H and O–H groups in total. The second-order valence-electron chi connectivity index (χ2n) is 14.3. The van der Waals surface area contributed by atoms with Gasteiger partial charge in [0.1, 0.15) is 12.4 Å². The predicted octanol–water partition coefficient (Wildman–Crippen LogP) is 6.10. The van der Waals surface area contributed by atoms with Gasteiger partial charge >= 0.3 is 11.9 Å². The molecule has 2 aromatic heterocycles. The maximum atomic E-state index is 13.5. The van der Waals surface area contributed by atoms with E-state index in [-0.39, 0.29) is 23.4 Å². The third kappa shape index (κ3) is 6.50. The quantitative estimate of drug-likeness (QED) is 0.189. The van der Waals surface area contributed by atoms with Crippen molar-refractivity contribution in [1.29, 1.82) is 0 Å². The number of carbonyl (C=O) groups excluding carboxylic acids is 1. The smallest absolute Gasteiger partial charge is 0.318 e. The Morgan fingerprint density at radius 1 is 1.12 bits per heavy atom. The Hall–Kier alpha value is -4.36. The van der Waals surface area contributed by atoms with Crippen molar-refractivity contribution in [3.63, 3.8) is 0 Å². The van der Waals surface area contributed by atoms with E-state index in [1.807, 2.05) is 19.2 Å². The molecule has 4 aliphatic rings. The number of hydrogen-bond acceptors (Lipinski definition) is 10. The van der Waals surface area contributed by atoms with E-state index in [9.17, 15) is 13.6 Å². The average molecular weight is 719 g/mol. The molecule has 3 fully saturated rings. The SMILES string of the molecule is CN(c1nc(OCC23CCCN2CCC3)nc2c1CCN(c1cccc3cccc(Cl)c13)C2)C1CCN(C(=O)/C=C/c2nc(C(C)(F)F)no2)C1. The highest BCUT2D eigenvalue weighted by atomic mass is 35.5. The first-order chi connectivity index (χ1) is 24.6. The monoisotopic (exact) mass is 718 g/mol. The number of anilines is 2. The Balaban J connectivity index is 1.04. The second kappa shape index (κ2) is 13.3. The number of ether oxygens (including phenoxy) is 1. The molecular weight excluding hydrogens is 678 g/mol. The van der Waals surface area contributed by atoms with Crippen LogP contribution in [-0.2, 0) is 23.7 Å². The summed E-state index contributed by atoms with van der Waals surface area (Å²) in [5.41, 5.74) is 3.13. The number of amides is 1. The van der Waals surface area contributed by atoms with Crippen LogP contribution < -0.4 is 14.5 Å². The maximum Gasteiger partial charge on any atom is 0.318 e. The first-order valence-corrected chi connectivity index (χ1v) is 18.1. The highest BCUT2D eigenvalue weighted by molar-refractivity contribution is 6.36. The molecule has 51 heavy (non-hydrogen) atoms. The number of fused-ring (bicyclic) bond motifs is 3. The van der Waals surface area contributed by atoms with Crippen molar-refractivity contribution >= 4 is 45.9 Å². The second-order valence-corrected chi connectivity index (χ2v) is 14.7. The van der Waals surface area contributed by atoms with Crippen LogP contribution in [0.2, 0.25) is 5.02 Å². The number of alkyl halides is 2. The molecule has 4 aromatic rings. The average Bonchev–Trinajstić information content (AvgIpc) is 3.93. The van der Waals surface area contributed by atoms with Crippen molar-refractivity contribution < 1.29 is 22.8 Å². The fourth-order valence-electron chi connectivity index (χ4n) is 8.31. The van der Waals surface area contributed by atoms with Crippen LogP contribution in [0.4, 0.5) is 20.3 Å². The lowest BCUT2D eigenvalue weighted by Gasteiger charge is -2.35.